The topological polar surface area (TPSA) is 38.5 Å². The number of rotatable bonds is 2. The van der Waals surface area contributed by atoms with Gasteiger partial charge in [-0.3, -0.25) is 0 Å². The molecule has 2 N–H and O–H groups in total. The molecule has 1 saturated heterocycles. The largest absolute Gasteiger partial charge is 0.381 e. The number of hydrogen-bond donors (Lipinski definition) is 1. The first-order valence-corrected chi connectivity index (χ1v) is 4.80. The number of nitrogens with two attached hydrogens (primary N) is 1. The van der Waals surface area contributed by atoms with E-state index in [2.05, 4.69) is 32.9 Å². The van der Waals surface area contributed by atoms with E-state index in [-0.39, 0.29) is 12.1 Å². The maximum atomic E-state index is 5.92. The monoisotopic (exact) mass is 270 g/mol. The van der Waals surface area contributed by atoms with E-state index in [1.807, 2.05) is 0 Å². The maximum absolute atomic E-state index is 5.92. The molecule has 0 amide bonds. The van der Waals surface area contributed by atoms with Gasteiger partial charge < -0.3 is 10.5 Å². The summed E-state index contributed by atoms with van der Waals surface area (Å²) in [5, 5.41) is 0. The molecule has 0 aromatic carbocycles. The van der Waals surface area contributed by atoms with Crippen molar-refractivity contribution >= 4 is 22.9 Å². The summed E-state index contributed by atoms with van der Waals surface area (Å²) in [6.45, 7) is 4.12. The van der Waals surface area contributed by atoms with E-state index >= 15 is 0 Å². The van der Waals surface area contributed by atoms with Crippen molar-refractivity contribution in [2.75, 3.05) is 20.2 Å². The van der Waals surface area contributed by atoms with E-state index in [0.717, 1.165) is 13.1 Å². The van der Waals surface area contributed by atoms with Crippen LogP contribution in [0.25, 0.3) is 0 Å². The standard InChI is InChI=1S/C7H15IN2O/c1-5(11-2)6-3-10(8)4-7(6)9/h5-7H,3-4,9H2,1-2H3. The first-order chi connectivity index (χ1) is 5.15. The molecule has 1 rings (SSSR count). The smallest absolute Gasteiger partial charge is 0.0599 e. The lowest BCUT2D eigenvalue weighted by atomic mass is 9.99. The summed E-state index contributed by atoms with van der Waals surface area (Å²) >= 11 is 2.31. The summed E-state index contributed by atoms with van der Waals surface area (Å²) in [4.78, 5) is 0. The molecule has 0 bridgehead atoms. The summed E-state index contributed by atoms with van der Waals surface area (Å²) in [6, 6.07) is 0.279. The van der Waals surface area contributed by atoms with Crippen LogP contribution in [-0.2, 0) is 4.74 Å². The first-order valence-electron chi connectivity index (χ1n) is 3.84. The molecule has 0 radical (unpaired) electrons. The summed E-state index contributed by atoms with van der Waals surface area (Å²) in [6.07, 6.45) is 0.282. The molecule has 1 fully saturated rings. The second-order valence-corrected chi connectivity index (χ2v) is 4.46. The Morgan fingerprint density at radius 3 is 2.64 bits per heavy atom. The SMILES string of the molecule is COC(C)C1CN(I)CC1N. The van der Waals surface area contributed by atoms with E-state index in [9.17, 15) is 0 Å². The van der Waals surface area contributed by atoms with Crippen molar-refractivity contribution < 1.29 is 4.74 Å². The third-order valence-corrected chi connectivity index (χ3v) is 3.13. The second kappa shape index (κ2) is 4.02. The number of halogens is 1. The summed E-state index contributed by atoms with van der Waals surface area (Å²) in [5.74, 6) is 0.497. The van der Waals surface area contributed by atoms with Gasteiger partial charge in [-0.25, -0.2) is 3.11 Å². The van der Waals surface area contributed by atoms with Crippen LogP contribution in [0.2, 0.25) is 0 Å². The number of nitrogens with zero attached hydrogens (tertiary/aromatic N) is 1. The molecule has 1 aliphatic heterocycles. The Morgan fingerprint density at radius 1 is 1.64 bits per heavy atom. The zero-order valence-electron chi connectivity index (χ0n) is 6.96. The summed E-state index contributed by atoms with van der Waals surface area (Å²) < 4.78 is 7.47. The lowest BCUT2D eigenvalue weighted by molar-refractivity contribution is 0.0676. The first kappa shape index (κ1) is 9.70. The minimum atomic E-state index is 0.279. The quantitative estimate of drug-likeness (QED) is 0.591. The van der Waals surface area contributed by atoms with Crippen LogP contribution < -0.4 is 5.73 Å². The zero-order valence-corrected chi connectivity index (χ0v) is 9.11. The third kappa shape index (κ3) is 2.27. The lowest BCUT2D eigenvalue weighted by Gasteiger charge is -2.20. The average molecular weight is 270 g/mol. The molecule has 3 atom stereocenters. The van der Waals surface area contributed by atoms with Crippen molar-refractivity contribution in [1.29, 1.82) is 0 Å². The zero-order chi connectivity index (χ0) is 8.43. The van der Waals surface area contributed by atoms with Crippen LogP contribution in [0.5, 0.6) is 0 Å². The molecular formula is C7H15IN2O. The highest BCUT2D eigenvalue weighted by Gasteiger charge is 2.32. The molecule has 0 aromatic rings. The number of methoxy groups -OCH3 is 1. The molecular weight excluding hydrogens is 255 g/mol. The molecule has 11 heavy (non-hydrogen) atoms. The highest BCUT2D eigenvalue weighted by atomic mass is 127. The van der Waals surface area contributed by atoms with Gasteiger partial charge in [0.05, 0.1) is 6.10 Å². The summed E-state index contributed by atoms with van der Waals surface area (Å²) in [7, 11) is 1.74. The predicted octanol–water partition coefficient (Wildman–Crippen LogP) is 0.630. The van der Waals surface area contributed by atoms with Crippen LogP contribution in [0.4, 0.5) is 0 Å². The van der Waals surface area contributed by atoms with Crippen LogP contribution in [-0.4, -0.2) is 35.5 Å². The minimum absolute atomic E-state index is 0.279. The number of ether oxygens (including phenoxy) is 1. The van der Waals surface area contributed by atoms with Crippen LogP contribution in [0.15, 0.2) is 0 Å². The molecule has 3 unspecified atom stereocenters. The predicted molar refractivity (Wildman–Crippen MR) is 53.5 cm³/mol. The van der Waals surface area contributed by atoms with Gasteiger partial charge in [0.25, 0.3) is 0 Å². The Kier molecular flexibility index (Phi) is 3.54. The molecule has 1 aliphatic rings. The second-order valence-electron chi connectivity index (χ2n) is 3.10. The van der Waals surface area contributed by atoms with Crippen LogP contribution >= 0.6 is 22.9 Å². The lowest BCUT2D eigenvalue weighted by Crippen LogP contribution is -2.36. The van der Waals surface area contributed by atoms with Gasteiger partial charge in [-0.2, -0.15) is 0 Å². The Labute approximate surface area is 81.8 Å². The average Bonchev–Trinajstić information content (AvgIpc) is 2.28. The van der Waals surface area contributed by atoms with Crippen molar-refractivity contribution in [3.05, 3.63) is 0 Å². The van der Waals surface area contributed by atoms with Crippen LogP contribution in [0, 0.1) is 5.92 Å². The summed E-state index contributed by atoms with van der Waals surface area (Å²) in [5.41, 5.74) is 5.92. The van der Waals surface area contributed by atoms with Gasteiger partial charge in [-0.1, -0.05) is 0 Å². The molecule has 4 heteroatoms. The molecule has 0 aromatic heterocycles. The van der Waals surface area contributed by atoms with Crippen molar-refractivity contribution in [3.63, 3.8) is 0 Å². The van der Waals surface area contributed by atoms with E-state index in [1.165, 1.54) is 0 Å². The fourth-order valence-corrected chi connectivity index (χ4v) is 2.38. The van der Waals surface area contributed by atoms with Gasteiger partial charge in [0.1, 0.15) is 0 Å². The van der Waals surface area contributed by atoms with E-state index in [4.69, 9.17) is 10.5 Å². The van der Waals surface area contributed by atoms with Crippen molar-refractivity contribution in [3.8, 4) is 0 Å². The van der Waals surface area contributed by atoms with E-state index in [1.54, 1.807) is 7.11 Å². The minimum Gasteiger partial charge on any atom is -0.381 e. The van der Waals surface area contributed by atoms with Crippen LogP contribution in [0.3, 0.4) is 0 Å². The molecule has 66 valence electrons. The van der Waals surface area contributed by atoms with Crippen LogP contribution in [0.1, 0.15) is 6.92 Å². The maximum Gasteiger partial charge on any atom is 0.0599 e. The Bertz CT molecular complexity index is 130. The highest BCUT2D eigenvalue weighted by molar-refractivity contribution is 14.1. The van der Waals surface area contributed by atoms with Gasteiger partial charge in [0.2, 0.25) is 0 Å². The molecule has 1 heterocycles. The van der Waals surface area contributed by atoms with Gasteiger partial charge >= 0.3 is 0 Å². The fourth-order valence-electron chi connectivity index (χ4n) is 1.47. The Morgan fingerprint density at radius 2 is 2.27 bits per heavy atom. The third-order valence-electron chi connectivity index (χ3n) is 2.34. The highest BCUT2D eigenvalue weighted by Crippen LogP contribution is 2.22. The van der Waals surface area contributed by atoms with Gasteiger partial charge in [-0.15, -0.1) is 0 Å². The molecule has 0 spiro atoms. The van der Waals surface area contributed by atoms with Gasteiger partial charge in [0, 0.05) is 55.0 Å². The molecule has 0 aliphatic carbocycles. The van der Waals surface area contributed by atoms with Gasteiger partial charge in [0.15, 0.2) is 0 Å². The molecule has 0 saturated carbocycles. The molecule has 3 nitrogen and oxygen atoms in total. The Balaban J connectivity index is 2.45. The Hall–Kier alpha value is 0.610. The normalized spacial score (nSPS) is 36.0. The fraction of sp³-hybridized carbons (Fsp3) is 1.00. The van der Waals surface area contributed by atoms with E-state index < -0.39 is 0 Å². The van der Waals surface area contributed by atoms with E-state index in [0.29, 0.717) is 5.92 Å². The van der Waals surface area contributed by atoms with Crippen molar-refractivity contribution in [2.24, 2.45) is 11.7 Å². The van der Waals surface area contributed by atoms with Gasteiger partial charge in [-0.05, 0) is 6.92 Å². The number of hydrogen-bond acceptors (Lipinski definition) is 3. The van der Waals surface area contributed by atoms with Crippen molar-refractivity contribution in [2.45, 2.75) is 19.1 Å². The van der Waals surface area contributed by atoms with Crippen molar-refractivity contribution in [1.82, 2.24) is 3.11 Å².